The lowest BCUT2D eigenvalue weighted by Crippen LogP contribution is -2.57. The van der Waals surface area contributed by atoms with Crippen LogP contribution in [0.2, 0.25) is 0 Å². The number of carboxylic acids is 1. The highest BCUT2D eigenvalue weighted by Gasteiger charge is 2.28. The number of hydrogen-bond acceptors (Lipinski definition) is 17. The summed E-state index contributed by atoms with van der Waals surface area (Å²) < 4.78 is 0. The molecule has 0 saturated carbocycles. The molecule has 0 bridgehead atoms. The van der Waals surface area contributed by atoms with E-state index in [1.165, 1.54) is 27.7 Å². The van der Waals surface area contributed by atoms with Crippen molar-refractivity contribution in [3.05, 3.63) is 0 Å². The zero-order valence-corrected chi connectivity index (χ0v) is 37.1. The van der Waals surface area contributed by atoms with Crippen molar-refractivity contribution >= 4 is 121 Å². The van der Waals surface area contributed by atoms with E-state index < -0.39 is 139 Å². The first-order valence-electron chi connectivity index (χ1n) is 18.1. The third kappa shape index (κ3) is 21.9. The molecule has 0 aliphatic carbocycles. The molecule has 0 spiro atoms. The van der Waals surface area contributed by atoms with E-state index >= 15 is 0 Å². The molecule has 0 heterocycles. The molecular weight excluding hydrogens is 889 g/mol. The minimum atomic E-state index is -1.33. The van der Waals surface area contributed by atoms with E-state index in [1.807, 2.05) is 0 Å². The Kier molecular flexibility index (Phi) is 26.9. The van der Waals surface area contributed by atoms with E-state index in [1.54, 1.807) is 0 Å². The summed E-state index contributed by atoms with van der Waals surface area (Å²) in [5.41, 5.74) is 5.20. The Bertz CT molecular complexity index is 1630. The number of carbonyl (C=O) groups excluding carboxylic acids is 11. The third-order valence-corrected chi connectivity index (χ3v) is 9.24. The van der Waals surface area contributed by atoms with E-state index in [0.717, 1.165) is 0 Å². The van der Waals surface area contributed by atoms with Gasteiger partial charge in [0.15, 0.2) is 0 Å². The number of nitrogens with two attached hydrogens (primary N) is 1. The maximum Gasteiger partial charge on any atom is 0.327 e. The summed E-state index contributed by atoms with van der Waals surface area (Å²) in [6, 6.07) is -9.70. The number of carboxylic acid groups (broad SMARTS) is 1. The zero-order chi connectivity index (χ0) is 47.0. The Balaban J connectivity index is 4.87. The molecule has 8 atom stereocenters. The molecule has 0 saturated heterocycles. The van der Waals surface area contributed by atoms with E-state index in [4.69, 9.17) is 10.8 Å². The molecule has 0 unspecified atom stereocenters. The molecule has 344 valence electrons. The lowest BCUT2D eigenvalue weighted by Gasteiger charge is -2.21. The predicted molar refractivity (Wildman–Crippen MR) is 229 cm³/mol. The Morgan fingerprint density at radius 1 is 0.393 bits per heavy atom. The van der Waals surface area contributed by atoms with E-state index in [-0.39, 0.29) is 29.6 Å². The normalized spacial score (nSPS) is 14.5. The van der Waals surface area contributed by atoms with Gasteiger partial charge in [-0.15, -0.1) is 0 Å². The Hall–Kier alpha value is -5.00. The van der Waals surface area contributed by atoms with Crippen LogP contribution in [0.1, 0.15) is 27.7 Å². The maximum atomic E-state index is 12.7. The summed E-state index contributed by atoms with van der Waals surface area (Å²) in [4.78, 5) is 147. The van der Waals surface area contributed by atoms with Crippen molar-refractivity contribution in [2.75, 3.05) is 49.2 Å². The molecule has 25 nitrogen and oxygen atoms in total. The molecule has 0 aliphatic heterocycles. The van der Waals surface area contributed by atoms with E-state index in [0.29, 0.717) is 0 Å². The fraction of sp³-hybridized carbons (Fsp3) is 0.625. The first kappa shape index (κ1) is 56.0. The van der Waals surface area contributed by atoms with Crippen molar-refractivity contribution in [1.29, 1.82) is 0 Å². The summed E-state index contributed by atoms with van der Waals surface area (Å²) in [7, 11) is 0. The van der Waals surface area contributed by atoms with Crippen LogP contribution in [0.4, 0.5) is 0 Å². The molecule has 0 aliphatic rings. The van der Waals surface area contributed by atoms with Crippen LogP contribution in [-0.4, -0.2) is 174 Å². The number of amides is 11. The van der Waals surface area contributed by atoms with Gasteiger partial charge in [0, 0.05) is 23.0 Å². The Morgan fingerprint density at radius 2 is 0.623 bits per heavy atom. The fourth-order valence-electron chi connectivity index (χ4n) is 4.27. The molecule has 29 heteroatoms. The number of thiol groups is 4. The number of nitrogens with one attached hydrogen (secondary N) is 11. The van der Waals surface area contributed by atoms with Crippen LogP contribution < -0.4 is 64.2 Å². The topological polar surface area (TPSA) is 383 Å². The van der Waals surface area contributed by atoms with Crippen LogP contribution in [0.3, 0.4) is 0 Å². The molecule has 14 N–H and O–H groups in total. The van der Waals surface area contributed by atoms with Gasteiger partial charge in [0.25, 0.3) is 0 Å². The number of aliphatic carboxylic acids is 1. The van der Waals surface area contributed by atoms with Crippen LogP contribution >= 0.6 is 50.5 Å². The second-order valence-electron chi connectivity index (χ2n) is 12.8. The lowest BCUT2D eigenvalue weighted by atomic mass is 10.2. The molecule has 0 radical (unpaired) electrons. The Morgan fingerprint density at radius 3 is 0.836 bits per heavy atom. The SMILES string of the molecule is C[C@H](NC(=O)CNC(=O)[C@H](CS)NC(=O)[C@H](C)NC(=O)CNC(=O)[C@H](CS)NC(=O)[C@H](C)NC(=O)CNC(=O)[C@H](CS)NC(=O)[C@H](C)NC(=O)CN)C(=O)N[C@@H](CS)C(=O)O. The van der Waals surface area contributed by atoms with Gasteiger partial charge < -0.3 is 69.3 Å². The minimum absolute atomic E-state index is 0.161. The van der Waals surface area contributed by atoms with Gasteiger partial charge in [0.05, 0.1) is 26.2 Å². The predicted octanol–water partition coefficient (Wildman–Crippen LogP) is -7.94. The number of hydrogen-bond donors (Lipinski definition) is 17. The fourth-order valence-corrected chi connectivity index (χ4v) is 5.29. The van der Waals surface area contributed by atoms with E-state index in [9.17, 15) is 57.5 Å². The van der Waals surface area contributed by atoms with Crippen molar-refractivity contribution in [3.63, 3.8) is 0 Å². The van der Waals surface area contributed by atoms with Crippen molar-refractivity contribution in [2.24, 2.45) is 5.73 Å². The Labute approximate surface area is 372 Å². The molecule has 11 amide bonds. The summed E-state index contributed by atoms with van der Waals surface area (Å²) >= 11 is 15.9. The first-order chi connectivity index (χ1) is 28.5. The van der Waals surface area contributed by atoms with Gasteiger partial charge in [-0.2, -0.15) is 50.5 Å². The van der Waals surface area contributed by atoms with Gasteiger partial charge in [0.2, 0.25) is 65.0 Å². The molecule has 0 aromatic carbocycles. The average Bonchev–Trinajstić information content (AvgIpc) is 3.21. The highest BCUT2D eigenvalue weighted by Crippen LogP contribution is 1.96. The minimum Gasteiger partial charge on any atom is -0.480 e. The largest absolute Gasteiger partial charge is 0.480 e. The van der Waals surface area contributed by atoms with Crippen molar-refractivity contribution < 1.29 is 62.6 Å². The molecular formula is C32H54N12O13S4. The highest BCUT2D eigenvalue weighted by atomic mass is 32.1. The first-order valence-corrected chi connectivity index (χ1v) is 20.7. The van der Waals surface area contributed by atoms with Crippen molar-refractivity contribution in [1.82, 2.24) is 58.5 Å². The van der Waals surface area contributed by atoms with Gasteiger partial charge in [-0.25, -0.2) is 4.79 Å². The second-order valence-corrected chi connectivity index (χ2v) is 14.3. The van der Waals surface area contributed by atoms with Gasteiger partial charge >= 0.3 is 5.97 Å². The molecule has 0 aromatic rings. The van der Waals surface area contributed by atoms with Crippen LogP contribution in [0, 0.1) is 0 Å². The highest BCUT2D eigenvalue weighted by molar-refractivity contribution is 7.80. The monoisotopic (exact) mass is 942 g/mol. The molecule has 0 rings (SSSR count). The van der Waals surface area contributed by atoms with Crippen LogP contribution in [0.25, 0.3) is 0 Å². The number of carbonyl (C=O) groups is 12. The van der Waals surface area contributed by atoms with Crippen LogP contribution in [0.15, 0.2) is 0 Å². The van der Waals surface area contributed by atoms with E-state index in [2.05, 4.69) is 109 Å². The van der Waals surface area contributed by atoms with Gasteiger partial charge in [0.1, 0.15) is 48.3 Å². The molecule has 0 fully saturated rings. The van der Waals surface area contributed by atoms with Gasteiger partial charge in [-0.3, -0.25) is 52.7 Å². The second kappa shape index (κ2) is 29.3. The van der Waals surface area contributed by atoms with Crippen molar-refractivity contribution in [3.8, 4) is 0 Å². The molecule has 61 heavy (non-hydrogen) atoms. The quantitative estimate of drug-likeness (QED) is 0.0341. The summed E-state index contributed by atoms with van der Waals surface area (Å²) in [5, 5.41) is 34.3. The standard InChI is InChI=1S/C32H54N12O13S4/c1-13(37-21(45)5-33)25(49)41-17(9-58)29(53)34-6-22(46)38-14(2)26(50)42-18(10-59)30(54)35-7-23(47)39-15(3)27(51)43-19(11-60)31(55)36-8-24(48)40-16(4)28(52)44-20(12-61)32(56)57/h13-20,58-61H,5-12,33H2,1-4H3,(H,34,53)(H,35,54)(H,36,55)(H,37,45)(H,38,46)(H,39,47)(H,40,48)(H,41,49)(H,42,50)(H,43,51)(H,44,52)(H,56,57)/t13-,14-,15-,16-,17-,18-,19-,20-/m0/s1. The zero-order valence-electron chi connectivity index (χ0n) is 33.5. The lowest BCUT2D eigenvalue weighted by molar-refractivity contribution is -0.141. The summed E-state index contributed by atoms with van der Waals surface area (Å²) in [6.07, 6.45) is 0. The van der Waals surface area contributed by atoms with Gasteiger partial charge in [-0.05, 0) is 27.7 Å². The summed E-state index contributed by atoms with van der Waals surface area (Å²) in [5.74, 6) is -10.9. The average molecular weight is 943 g/mol. The maximum absolute atomic E-state index is 12.7. The van der Waals surface area contributed by atoms with Gasteiger partial charge in [-0.1, -0.05) is 0 Å². The van der Waals surface area contributed by atoms with Crippen LogP contribution in [-0.2, 0) is 57.5 Å². The third-order valence-electron chi connectivity index (χ3n) is 7.78. The van der Waals surface area contributed by atoms with Crippen LogP contribution in [0.5, 0.6) is 0 Å². The molecule has 0 aromatic heterocycles. The van der Waals surface area contributed by atoms with Crippen molar-refractivity contribution in [2.45, 2.75) is 76.0 Å². The number of rotatable bonds is 27. The summed E-state index contributed by atoms with van der Waals surface area (Å²) in [6.45, 7) is 2.96. The smallest absolute Gasteiger partial charge is 0.327 e.